The van der Waals surface area contributed by atoms with Gasteiger partial charge in [0.1, 0.15) is 5.82 Å². The first kappa shape index (κ1) is 21.8. The molecule has 6 heteroatoms. The SMILES string of the molecule is Cc1cc(CCN[C@H](c2ccccc2)[C@H]2CNc3cccnc3N2)cc([C@@H](C)C(=O)O)c1. The highest BCUT2D eigenvalue weighted by molar-refractivity contribution is 5.75. The van der Waals surface area contributed by atoms with E-state index in [9.17, 15) is 9.90 Å². The first-order valence-electron chi connectivity index (χ1n) is 11.1. The van der Waals surface area contributed by atoms with E-state index in [1.165, 1.54) is 5.56 Å². The van der Waals surface area contributed by atoms with Crippen molar-refractivity contribution in [2.24, 2.45) is 0 Å². The van der Waals surface area contributed by atoms with Gasteiger partial charge in [-0.1, -0.05) is 54.1 Å². The number of fused-ring (bicyclic) bond motifs is 1. The van der Waals surface area contributed by atoms with Crippen molar-refractivity contribution in [1.29, 1.82) is 0 Å². The van der Waals surface area contributed by atoms with Crippen molar-refractivity contribution in [3.05, 3.63) is 89.1 Å². The first-order chi connectivity index (χ1) is 15.5. The summed E-state index contributed by atoms with van der Waals surface area (Å²) in [6, 6.07) is 20.8. The summed E-state index contributed by atoms with van der Waals surface area (Å²) >= 11 is 0. The van der Waals surface area contributed by atoms with Crippen molar-refractivity contribution in [1.82, 2.24) is 10.3 Å². The van der Waals surface area contributed by atoms with Crippen molar-refractivity contribution in [2.45, 2.75) is 38.3 Å². The zero-order valence-electron chi connectivity index (χ0n) is 18.5. The van der Waals surface area contributed by atoms with Crippen LogP contribution in [0.4, 0.5) is 11.5 Å². The lowest BCUT2D eigenvalue weighted by Gasteiger charge is -2.34. The fourth-order valence-electron chi connectivity index (χ4n) is 4.27. The van der Waals surface area contributed by atoms with E-state index in [4.69, 9.17) is 0 Å². The van der Waals surface area contributed by atoms with Gasteiger partial charge in [-0.25, -0.2) is 4.98 Å². The van der Waals surface area contributed by atoms with Gasteiger partial charge in [-0.15, -0.1) is 0 Å². The molecule has 0 fully saturated rings. The molecule has 0 spiro atoms. The van der Waals surface area contributed by atoms with Crippen LogP contribution in [0.3, 0.4) is 0 Å². The normalized spacial score (nSPS) is 16.9. The maximum atomic E-state index is 11.4. The zero-order valence-corrected chi connectivity index (χ0v) is 18.5. The van der Waals surface area contributed by atoms with E-state index < -0.39 is 11.9 Å². The van der Waals surface area contributed by atoms with Crippen molar-refractivity contribution in [3.63, 3.8) is 0 Å². The smallest absolute Gasteiger partial charge is 0.310 e. The molecule has 2 heterocycles. The molecular weight excluding hydrogens is 400 g/mol. The van der Waals surface area contributed by atoms with Crippen LogP contribution in [0.2, 0.25) is 0 Å². The molecule has 0 bridgehead atoms. The largest absolute Gasteiger partial charge is 0.481 e. The third-order valence-corrected chi connectivity index (χ3v) is 6.01. The molecule has 0 radical (unpaired) electrons. The van der Waals surface area contributed by atoms with Crippen LogP contribution in [0.5, 0.6) is 0 Å². The predicted octanol–water partition coefficient (Wildman–Crippen LogP) is 4.36. The highest BCUT2D eigenvalue weighted by Crippen LogP contribution is 2.28. The molecule has 166 valence electrons. The fourth-order valence-corrected chi connectivity index (χ4v) is 4.27. The van der Waals surface area contributed by atoms with Crippen LogP contribution in [-0.4, -0.2) is 35.2 Å². The van der Waals surface area contributed by atoms with Gasteiger partial charge < -0.3 is 21.1 Å². The molecule has 1 aromatic heterocycles. The summed E-state index contributed by atoms with van der Waals surface area (Å²) < 4.78 is 0. The molecule has 3 atom stereocenters. The van der Waals surface area contributed by atoms with E-state index in [1.54, 1.807) is 13.1 Å². The number of carbonyl (C=O) groups is 1. The summed E-state index contributed by atoms with van der Waals surface area (Å²) in [5, 5.41) is 20.2. The molecule has 4 N–H and O–H groups in total. The van der Waals surface area contributed by atoms with Crippen LogP contribution >= 0.6 is 0 Å². The Morgan fingerprint density at radius 2 is 1.97 bits per heavy atom. The number of pyridine rings is 1. The molecule has 0 saturated heterocycles. The predicted molar refractivity (Wildman–Crippen MR) is 128 cm³/mol. The van der Waals surface area contributed by atoms with E-state index in [-0.39, 0.29) is 12.1 Å². The van der Waals surface area contributed by atoms with Gasteiger partial charge in [0.2, 0.25) is 0 Å². The van der Waals surface area contributed by atoms with Gasteiger partial charge in [-0.3, -0.25) is 4.79 Å². The Morgan fingerprint density at radius 3 is 2.75 bits per heavy atom. The average Bonchev–Trinajstić information content (AvgIpc) is 2.81. The minimum Gasteiger partial charge on any atom is -0.481 e. The van der Waals surface area contributed by atoms with Gasteiger partial charge in [-0.2, -0.15) is 0 Å². The Hall–Kier alpha value is -3.38. The average molecular weight is 431 g/mol. The van der Waals surface area contributed by atoms with Crippen LogP contribution in [-0.2, 0) is 11.2 Å². The minimum absolute atomic E-state index is 0.0982. The molecule has 32 heavy (non-hydrogen) atoms. The van der Waals surface area contributed by atoms with Crippen molar-refractivity contribution in [2.75, 3.05) is 23.7 Å². The summed E-state index contributed by atoms with van der Waals surface area (Å²) in [5.41, 5.74) is 5.33. The lowest BCUT2D eigenvalue weighted by Crippen LogP contribution is -2.44. The second-order valence-electron chi connectivity index (χ2n) is 8.44. The quantitative estimate of drug-likeness (QED) is 0.425. The number of hydrogen-bond donors (Lipinski definition) is 4. The number of anilines is 2. The Bertz CT molecular complexity index is 1070. The molecular formula is C26H30N4O2. The highest BCUT2D eigenvalue weighted by Gasteiger charge is 2.27. The van der Waals surface area contributed by atoms with Crippen LogP contribution < -0.4 is 16.0 Å². The Kier molecular flexibility index (Phi) is 6.71. The zero-order chi connectivity index (χ0) is 22.5. The number of aryl methyl sites for hydroxylation is 1. The lowest BCUT2D eigenvalue weighted by molar-refractivity contribution is -0.138. The van der Waals surface area contributed by atoms with Gasteiger partial charge in [0.25, 0.3) is 0 Å². The Morgan fingerprint density at radius 1 is 1.16 bits per heavy atom. The number of carboxylic acids is 1. The van der Waals surface area contributed by atoms with E-state index in [1.807, 2.05) is 37.3 Å². The maximum Gasteiger partial charge on any atom is 0.310 e. The first-order valence-corrected chi connectivity index (χ1v) is 11.1. The van der Waals surface area contributed by atoms with Crippen LogP contribution in [0.1, 0.15) is 41.1 Å². The van der Waals surface area contributed by atoms with Gasteiger partial charge in [0.05, 0.1) is 23.7 Å². The Labute approximate surface area is 189 Å². The minimum atomic E-state index is -0.798. The molecule has 2 aromatic carbocycles. The van der Waals surface area contributed by atoms with Gasteiger partial charge in [-0.05, 0) is 55.6 Å². The Balaban J connectivity index is 1.48. The second kappa shape index (κ2) is 9.83. The number of aliphatic carboxylic acids is 1. The number of nitrogens with zero attached hydrogens (tertiary/aromatic N) is 1. The van der Waals surface area contributed by atoms with Crippen LogP contribution in [0, 0.1) is 6.92 Å². The van der Waals surface area contributed by atoms with Crippen molar-refractivity contribution >= 4 is 17.5 Å². The summed E-state index contributed by atoms with van der Waals surface area (Å²) in [6.45, 7) is 5.31. The number of nitrogens with one attached hydrogen (secondary N) is 3. The number of aromatic nitrogens is 1. The molecule has 0 unspecified atom stereocenters. The topological polar surface area (TPSA) is 86.3 Å². The van der Waals surface area contributed by atoms with E-state index in [2.05, 4.69) is 51.3 Å². The molecule has 4 rings (SSSR count). The maximum absolute atomic E-state index is 11.4. The van der Waals surface area contributed by atoms with E-state index in [0.29, 0.717) is 0 Å². The summed E-state index contributed by atoms with van der Waals surface area (Å²) in [4.78, 5) is 15.9. The summed E-state index contributed by atoms with van der Waals surface area (Å²) in [5.74, 6) is -0.435. The van der Waals surface area contributed by atoms with Gasteiger partial charge in [0.15, 0.2) is 0 Å². The molecule has 1 aliphatic heterocycles. The fraction of sp³-hybridized carbons (Fsp3) is 0.308. The molecule has 0 saturated carbocycles. The van der Waals surface area contributed by atoms with Crippen molar-refractivity contribution in [3.8, 4) is 0 Å². The van der Waals surface area contributed by atoms with Crippen LogP contribution in [0.15, 0.2) is 66.9 Å². The summed E-state index contributed by atoms with van der Waals surface area (Å²) in [6.07, 6.45) is 2.62. The second-order valence-corrected chi connectivity index (χ2v) is 8.44. The lowest BCUT2D eigenvalue weighted by atomic mass is 9.95. The number of carboxylic acid groups (broad SMARTS) is 1. The molecule has 3 aromatic rings. The third-order valence-electron chi connectivity index (χ3n) is 6.01. The molecule has 1 aliphatic rings. The van der Waals surface area contributed by atoms with E-state index >= 15 is 0 Å². The standard InChI is InChI=1S/C26H30N4O2/c1-17-13-19(15-21(14-17)18(2)26(31)32)10-12-27-24(20-7-4-3-5-8-20)23-16-29-22-9-6-11-28-25(22)30-23/h3-9,11,13-15,18,23-24,27,29H,10,12,16H2,1-2H3,(H,28,30)(H,31,32)/t18-,23-,24-/m1/s1. The van der Waals surface area contributed by atoms with Gasteiger partial charge >= 0.3 is 5.97 Å². The molecule has 6 nitrogen and oxygen atoms in total. The third kappa shape index (κ3) is 5.08. The van der Waals surface area contributed by atoms with Crippen LogP contribution in [0.25, 0.3) is 0 Å². The highest BCUT2D eigenvalue weighted by atomic mass is 16.4. The monoisotopic (exact) mass is 430 g/mol. The number of hydrogen-bond acceptors (Lipinski definition) is 5. The molecule has 0 aliphatic carbocycles. The number of rotatable bonds is 8. The summed E-state index contributed by atoms with van der Waals surface area (Å²) in [7, 11) is 0. The number of benzene rings is 2. The van der Waals surface area contributed by atoms with Gasteiger partial charge in [0, 0.05) is 12.7 Å². The molecule has 0 amide bonds. The van der Waals surface area contributed by atoms with Crippen molar-refractivity contribution < 1.29 is 9.90 Å². The van der Waals surface area contributed by atoms with E-state index in [0.717, 1.165) is 47.7 Å².